The Morgan fingerprint density at radius 3 is 1.03 bits per heavy atom. The van der Waals surface area contributed by atoms with Crippen LogP contribution < -0.4 is 0 Å². The highest BCUT2D eigenvalue weighted by atomic mass is 19.4. The molecule has 298 valence electrons. The van der Waals surface area contributed by atoms with E-state index < -0.39 is 23.5 Å². The van der Waals surface area contributed by atoms with Crippen LogP contribution in [0.2, 0.25) is 0 Å². The zero-order valence-corrected chi connectivity index (χ0v) is 32.2. The van der Waals surface area contributed by atoms with Crippen molar-refractivity contribution in [3.8, 4) is 56.9 Å². The maximum absolute atomic E-state index is 13.4. The molecule has 0 aliphatic heterocycles. The van der Waals surface area contributed by atoms with Crippen LogP contribution in [0, 0.1) is 22.7 Å². The number of rotatable bonds is 5. The van der Waals surface area contributed by atoms with Crippen LogP contribution in [-0.2, 0) is 12.4 Å². The van der Waals surface area contributed by atoms with E-state index in [9.17, 15) is 36.9 Å². The van der Waals surface area contributed by atoms with E-state index in [0.29, 0.717) is 44.8 Å². The molecule has 0 unspecified atom stereocenters. The quantitative estimate of drug-likeness (QED) is 0.162. The van der Waals surface area contributed by atoms with Gasteiger partial charge < -0.3 is 9.13 Å². The fourth-order valence-corrected chi connectivity index (χ4v) is 8.50. The Hall–Kier alpha value is -8.08. The number of nitriles is 2. The lowest BCUT2D eigenvalue weighted by molar-refractivity contribution is -0.138. The number of aromatic nitrogens is 2. The third-order valence-corrected chi connectivity index (χ3v) is 11.5. The fraction of sp³-hybridized carbons (Fsp3) is 0.0385. The largest absolute Gasteiger partial charge is 0.416 e. The third kappa shape index (κ3) is 6.32. The predicted octanol–water partition coefficient (Wildman–Crippen LogP) is 14.7. The molecule has 8 aromatic carbocycles. The highest BCUT2D eigenvalue weighted by Crippen LogP contribution is 2.41. The maximum atomic E-state index is 13.4. The van der Waals surface area contributed by atoms with Gasteiger partial charge in [-0.1, -0.05) is 97.1 Å². The van der Waals surface area contributed by atoms with Crippen LogP contribution in [0.4, 0.5) is 26.3 Å². The zero-order valence-electron chi connectivity index (χ0n) is 32.2. The number of benzene rings is 8. The summed E-state index contributed by atoms with van der Waals surface area (Å²) in [6.45, 7) is 0. The van der Waals surface area contributed by atoms with E-state index in [1.165, 1.54) is 24.3 Å². The Morgan fingerprint density at radius 1 is 0.339 bits per heavy atom. The summed E-state index contributed by atoms with van der Waals surface area (Å²) in [7, 11) is 0. The molecular formula is C52H28F6N4. The van der Waals surface area contributed by atoms with Crippen molar-refractivity contribution in [1.29, 1.82) is 10.5 Å². The molecule has 0 aliphatic carbocycles. The van der Waals surface area contributed by atoms with Gasteiger partial charge in [0.25, 0.3) is 0 Å². The first-order valence-electron chi connectivity index (χ1n) is 19.4. The van der Waals surface area contributed by atoms with E-state index in [2.05, 4.69) is 12.1 Å². The van der Waals surface area contributed by atoms with Gasteiger partial charge in [0.15, 0.2) is 0 Å². The van der Waals surface area contributed by atoms with Crippen molar-refractivity contribution in [2.45, 2.75) is 12.4 Å². The normalized spacial score (nSPS) is 12.0. The van der Waals surface area contributed by atoms with Crippen molar-refractivity contribution >= 4 is 43.6 Å². The van der Waals surface area contributed by atoms with Gasteiger partial charge in [0.2, 0.25) is 0 Å². The first-order chi connectivity index (χ1) is 29.9. The van der Waals surface area contributed by atoms with E-state index in [1.54, 1.807) is 12.1 Å². The number of alkyl halides is 6. The van der Waals surface area contributed by atoms with Crippen LogP contribution in [0.1, 0.15) is 22.3 Å². The SMILES string of the molecule is N#Cc1ccc(-c2ccc(C#N)c(-n3c4ccccc4c4ccc(-c5ccc(C(F)(F)F)cc5)cc43)c2)cc1-n1c2ccccc2c2ccc(-c3ccc(C(F)(F)F)cc3)cc21. The van der Waals surface area contributed by atoms with Crippen LogP contribution >= 0.6 is 0 Å². The summed E-state index contributed by atoms with van der Waals surface area (Å²) in [5, 5.41) is 24.6. The predicted molar refractivity (Wildman–Crippen MR) is 231 cm³/mol. The Kier molecular flexibility index (Phi) is 8.79. The van der Waals surface area contributed by atoms with Gasteiger partial charge in [-0.25, -0.2) is 0 Å². The molecule has 0 aliphatic rings. The van der Waals surface area contributed by atoms with Crippen molar-refractivity contribution < 1.29 is 26.3 Å². The second kappa shape index (κ2) is 14.3. The first kappa shape index (κ1) is 38.1. The van der Waals surface area contributed by atoms with E-state index in [4.69, 9.17) is 0 Å². The minimum atomic E-state index is -4.46. The van der Waals surface area contributed by atoms with Crippen molar-refractivity contribution in [3.05, 3.63) is 192 Å². The van der Waals surface area contributed by atoms with E-state index >= 15 is 0 Å². The summed E-state index contributed by atoms with van der Waals surface area (Å²) < 4.78 is 84.5. The van der Waals surface area contributed by atoms with Gasteiger partial charge in [0.05, 0.1) is 55.7 Å². The topological polar surface area (TPSA) is 57.4 Å². The maximum Gasteiger partial charge on any atom is 0.416 e. The van der Waals surface area contributed by atoms with Crippen LogP contribution in [-0.4, -0.2) is 9.13 Å². The highest BCUT2D eigenvalue weighted by molar-refractivity contribution is 6.11. The molecule has 0 radical (unpaired) electrons. The number of fused-ring (bicyclic) bond motifs is 6. The van der Waals surface area contributed by atoms with Gasteiger partial charge in [-0.15, -0.1) is 0 Å². The van der Waals surface area contributed by atoms with Crippen LogP contribution in [0.5, 0.6) is 0 Å². The molecule has 0 saturated carbocycles. The van der Waals surface area contributed by atoms with E-state index in [1.807, 2.05) is 118 Å². The second-order valence-electron chi connectivity index (χ2n) is 15.0. The van der Waals surface area contributed by atoms with Crippen molar-refractivity contribution in [2.24, 2.45) is 0 Å². The molecule has 4 nitrogen and oxygen atoms in total. The molecule has 0 fully saturated rings. The van der Waals surface area contributed by atoms with Crippen molar-refractivity contribution in [2.75, 3.05) is 0 Å². The minimum Gasteiger partial charge on any atom is -0.308 e. The van der Waals surface area contributed by atoms with E-state index in [-0.39, 0.29) is 0 Å². The lowest BCUT2D eigenvalue weighted by Gasteiger charge is -2.15. The summed E-state index contributed by atoms with van der Waals surface area (Å²) in [5.41, 5.74) is 7.77. The second-order valence-corrected chi connectivity index (χ2v) is 15.0. The first-order valence-corrected chi connectivity index (χ1v) is 19.4. The smallest absolute Gasteiger partial charge is 0.308 e. The molecule has 10 heteroatoms. The van der Waals surface area contributed by atoms with Gasteiger partial charge in [0.1, 0.15) is 12.1 Å². The Morgan fingerprint density at radius 2 is 0.661 bits per heavy atom. The lowest BCUT2D eigenvalue weighted by Crippen LogP contribution is -2.04. The molecule has 10 rings (SSSR count). The molecule has 0 saturated heterocycles. The van der Waals surface area contributed by atoms with Gasteiger partial charge in [-0.3, -0.25) is 0 Å². The number of hydrogen-bond donors (Lipinski definition) is 0. The van der Waals surface area contributed by atoms with Crippen LogP contribution in [0.15, 0.2) is 170 Å². The molecule has 2 aromatic heterocycles. The van der Waals surface area contributed by atoms with Crippen LogP contribution in [0.25, 0.3) is 88.4 Å². The van der Waals surface area contributed by atoms with Gasteiger partial charge >= 0.3 is 12.4 Å². The van der Waals surface area contributed by atoms with Gasteiger partial charge in [-0.05, 0) is 106 Å². The average molecular weight is 823 g/mol. The molecule has 0 atom stereocenters. The van der Waals surface area contributed by atoms with E-state index in [0.717, 1.165) is 79.0 Å². The summed E-state index contributed by atoms with van der Waals surface area (Å²) in [6.07, 6.45) is -8.93. The Balaban J connectivity index is 1.14. The summed E-state index contributed by atoms with van der Waals surface area (Å²) in [6, 6.07) is 52.9. The zero-order chi connectivity index (χ0) is 42.9. The number of halogens is 6. The van der Waals surface area contributed by atoms with Gasteiger partial charge in [0, 0.05) is 21.5 Å². The minimum absolute atomic E-state index is 0.392. The molecule has 0 N–H and O–H groups in total. The highest BCUT2D eigenvalue weighted by Gasteiger charge is 2.31. The van der Waals surface area contributed by atoms with Crippen molar-refractivity contribution in [3.63, 3.8) is 0 Å². The summed E-state index contributed by atoms with van der Waals surface area (Å²) in [5.74, 6) is 0. The number of nitrogens with zero attached hydrogens (tertiary/aromatic N) is 4. The molecule has 62 heavy (non-hydrogen) atoms. The number of hydrogen-bond acceptors (Lipinski definition) is 2. The molecule has 10 aromatic rings. The molecular weight excluding hydrogens is 795 g/mol. The van der Waals surface area contributed by atoms with Gasteiger partial charge in [-0.2, -0.15) is 36.9 Å². The number of para-hydroxylation sites is 2. The average Bonchev–Trinajstić information content (AvgIpc) is 3.80. The molecule has 0 spiro atoms. The summed E-state index contributed by atoms with van der Waals surface area (Å²) in [4.78, 5) is 0. The Labute approximate surface area is 350 Å². The molecule has 2 heterocycles. The van der Waals surface area contributed by atoms with Crippen LogP contribution in [0.3, 0.4) is 0 Å². The molecule has 0 amide bonds. The fourth-order valence-electron chi connectivity index (χ4n) is 8.50. The third-order valence-electron chi connectivity index (χ3n) is 11.5. The van der Waals surface area contributed by atoms with Crippen molar-refractivity contribution in [1.82, 2.24) is 9.13 Å². The monoisotopic (exact) mass is 822 g/mol. The standard InChI is InChI=1S/C52H28F6N4/c53-51(54,55)39-19-13-31(14-20-39)33-17-23-43-41-5-1-3-7-45(41)61(49(43)27-33)47-25-35(9-11-37(47)29-59)36-10-12-38(30-60)48(26-36)62-46-8-4-2-6-42(46)44-24-18-34(28-50(44)62)32-15-21-40(22-16-32)52(56,57)58/h1-28H. The Bertz CT molecular complexity index is 3270. The lowest BCUT2D eigenvalue weighted by atomic mass is 9.99. The molecule has 0 bridgehead atoms. The summed E-state index contributed by atoms with van der Waals surface area (Å²) >= 11 is 0.